The smallest absolute Gasteiger partial charge is 0.252 e. The summed E-state index contributed by atoms with van der Waals surface area (Å²) in [5, 5.41) is 16.0. The molecule has 5 N–H and O–H groups in total. The fourth-order valence-corrected chi connectivity index (χ4v) is 3.68. The number of benzene rings is 2. The Bertz CT molecular complexity index is 1030. The first-order valence-corrected chi connectivity index (χ1v) is 8.36. The number of aromatic hydroxyl groups is 1. The lowest BCUT2D eigenvalue weighted by Gasteiger charge is -2.28. The second kappa shape index (κ2) is 5.76. The minimum Gasteiger partial charge on any atom is -0.508 e. The Morgan fingerprint density at radius 1 is 1.12 bits per heavy atom. The van der Waals surface area contributed by atoms with Crippen LogP contribution in [-0.2, 0) is 12.8 Å². The molecule has 4 nitrogen and oxygen atoms in total. The van der Waals surface area contributed by atoms with E-state index in [1.807, 2.05) is 0 Å². The van der Waals surface area contributed by atoms with Gasteiger partial charge in [0, 0.05) is 29.5 Å². The van der Waals surface area contributed by atoms with Crippen molar-refractivity contribution in [1.82, 2.24) is 4.98 Å². The highest BCUT2D eigenvalue weighted by atomic mass is 19.3. The number of fused-ring (bicyclic) bond motifs is 3. The molecule has 4 rings (SSSR count). The highest BCUT2D eigenvalue weighted by Crippen LogP contribution is 2.41. The third kappa shape index (κ3) is 2.58. The van der Waals surface area contributed by atoms with Crippen LogP contribution in [0.4, 0.5) is 14.5 Å². The van der Waals surface area contributed by atoms with Crippen molar-refractivity contribution in [3.63, 3.8) is 0 Å². The molecule has 132 valence electrons. The maximum absolute atomic E-state index is 14.2. The second-order valence-electron chi connectivity index (χ2n) is 6.63. The molecule has 0 bridgehead atoms. The third-order valence-corrected chi connectivity index (χ3v) is 4.92. The number of phenols is 1. The third-order valence-electron chi connectivity index (χ3n) is 4.92. The molecular formula is C20H18F2N3O+. The van der Waals surface area contributed by atoms with Gasteiger partial charge in [-0.1, -0.05) is 0 Å². The molecule has 0 aliphatic heterocycles. The molecule has 1 aromatic heterocycles. The number of nitrogens with zero attached hydrogens (tertiary/aromatic N) is 1. The largest absolute Gasteiger partial charge is 0.508 e. The van der Waals surface area contributed by atoms with E-state index in [-0.39, 0.29) is 25.0 Å². The lowest BCUT2D eigenvalue weighted by molar-refractivity contribution is -0.104. The van der Waals surface area contributed by atoms with E-state index in [1.165, 1.54) is 18.3 Å². The molecule has 3 aromatic rings. The predicted octanol–water partition coefficient (Wildman–Crippen LogP) is 2.49. The van der Waals surface area contributed by atoms with E-state index in [9.17, 15) is 13.9 Å². The monoisotopic (exact) mass is 354 g/mol. The summed E-state index contributed by atoms with van der Waals surface area (Å²) < 4.78 is 28.4. The highest BCUT2D eigenvalue weighted by Gasteiger charge is 2.37. The van der Waals surface area contributed by atoms with Gasteiger partial charge < -0.3 is 10.8 Å². The van der Waals surface area contributed by atoms with Crippen LogP contribution in [0.2, 0.25) is 0 Å². The number of rotatable bonds is 2. The Morgan fingerprint density at radius 2 is 1.85 bits per heavy atom. The summed E-state index contributed by atoms with van der Waals surface area (Å²) in [4.78, 5) is 4.66. The molecule has 0 radical (unpaired) electrons. The molecule has 0 saturated heterocycles. The van der Waals surface area contributed by atoms with E-state index in [2.05, 4.69) is 4.98 Å². The van der Waals surface area contributed by atoms with Crippen LogP contribution in [0.15, 0.2) is 36.4 Å². The van der Waals surface area contributed by atoms with E-state index in [1.54, 1.807) is 24.3 Å². The van der Waals surface area contributed by atoms with Gasteiger partial charge in [0.15, 0.2) is 6.21 Å². The molecule has 0 atom stereocenters. The van der Waals surface area contributed by atoms with E-state index in [4.69, 9.17) is 11.1 Å². The topological polar surface area (TPSA) is 84.7 Å². The van der Waals surface area contributed by atoms with Crippen molar-refractivity contribution in [2.24, 2.45) is 0 Å². The van der Waals surface area contributed by atoms with E-state index < -0.39 is 5.92 Å². The number of hydrogen-bond donors (Lipinski definition) is 3. The van der Waals surface area contributed by atoms with Gasteiger partial charge in [0.1, 0.15) is 5.75 Å². The number of anilines is 1. The average molecular weight is 354 g/mol. The minimum atomic E-state index is -2.78. The first-order valence-electron chi connectivity index (χ1n) is 8.36. The van der Waals surface area contributed by atoms with Crippen molar-refractivity contribution in [1.29, 1.82) is 0 Å². The Morgan fingerprint density at radius 3 is 2.54 bits per heavy atom. The van der Waals surface area contributed by atoms with Gasteiger partial charge in [-0.2, -0.15) is 0 Å². The molecule has 2 aromatic carbocycles. The maximum Gasteiger partial charge on any atom is 0.252 e. The second-order valence-corrected chi connectivity index (χ2v) is 6.63. The SMILES string of the molecule is Nc1ccc2nc(-c3ccc(O)cc3)c3c(c2c1C=[NH2+])CCC(F)(F)C3. The molecule has 0 fully saturated rings. The first-order chi connectivity index (χ1) is 12.4. The Hall–Kier alpha value is -3.02. The number of hydrogen-bond acceptors (Lipinski definition) is 3. The number of aryl methyl sites for hydroxylation is 1. The lowest BCUT2D eigenvalue weighted by atomic mass is 9.83. The molecule has 0 spiro atoms. The zero-order chi connectivity index (χ0) is 18.5. The summed E-state index contributed by atoms with van der Waals surface area (Å²) >= 11 is 0. The van der Waals surface area contributed by atoms with Crippen LogP contribution in [0.1, 0.15) is 23.1 Å². The summed E-state index contributed by atoms with van der Waals surface area (Å²) in [7, 11) is 0. The highest BCUT2D eigenvalue weighted by molar-refractivity contribution is 6.04. The number of alkyl halides is 2. The average Bonchev–Trinajstić information content (AvgIpc) is 2.61. The summed E-state index contributed by atoms with van der Waals surface area (Å²) in [5.41, 5.74) is 10.4. The number of phenolic OH excluding ortho intramolecular Hbond substituents is 1. The van der Waals surface area contributed by atoms with Gasteiger partial charge in [-0.25, -0.2) is 13.8 Å². The molecule has 1 aliphatic rings. The van der Waals surface area contributed by atoms with Crippen LogP contribution in [-0.4, -0.2) is 22.2 Å². The van der Waals surface area contributed by atoms with Crippen molar-refractivity contribution < 1.29 is 19.3 Å². The van der Waals surface area contributed by atoms with Crippen molar-refractivity contribution >= 4 is 22.8 Å². The van der Waals surface area contributed by atoms with Crippen LogP contribution < -0.4 is 11.1 Å². The van der Waals surface area contributed by atoms with Gasteiger partial charge >= 0.3 is 0 Å². The van der Waals surface area contributed by atoms with Crippen LogP contribution in [0.25, 0.3) is 22.2 Å². The molecule has 1 aliphatic carbocycles. The van der Waals surface area contributed by atoms with Crippen molar-refractivity contribution in [2.75, 3.05) is 5.73 Å². The maximum atomic E-state index is 14.2. The molecule has 0 amide bonds. The van der Waals surface area contributed by atoms with Crippen molar-refractivity contribution in [3.05, 3.63) is 53.1 Å². The number of halogens is 2. The minimum absolute atomic E-state index is 0.113. The van der Waals surface area contributed by atoms with Gasteiger partial charge in [0.25, 0.3) is 5.92 Å². The zero-order valence-electron chi connectivity index (χ0n) is 14.0. The predicted molar refractivity (Wildman–Crippen MR) is 97.3 cm³/mol. The van der Waals surface area contributed by atoms with Gasteiger partial charge in [0.2, 0.25) is 0 Å². The summed E-state index contributed by atoms with van der Waals surface area (Å²) in [5.74, 6) is -2.66. The quantitative estimate of drug-likeness (QED) is 0.488. The Kier molecular flexibility index (Phi) is 3.64. The number of aromatic nitrogens is 1. The summed E-state index contributed by atoms with van der Waals surface area (Å²) in [6.07, 6.45) is 1.05. The molecule has 6 heteroatoms. The standard InChI is InChI=1S/C20H17F2N3O/c21-20(22)8-7-13-14(9-20)19(11-1-3-12(26)4-2-11)25-17-6-5-16(24)15(10-23)18(13)17/h1-6,10,23,26H,7-9,24H2/p+1. The fourth-order valence-electron chi connectivity index (χ4n) is 3.68. The lowest BCUT2D eigenvalue weighted by Crippen LogP contribution is -2.31. The van der Waals surface area contributed by atoms with Gasteiger partial charge in [-0.15, -0.1) is 0 Å². The van der Waals surface area contributed by atoms with Crippen LogP contribution in [0, 0.1) is 0 Å². The van der Waals surface area contributed by atoms with Gasteiger partial charge in [-0.05, 0) is 53.9 Å². The normalized spacial score (nSPS) is 15.6. The summed E-state index contributed by atoms with van der Waals surface area (Å²) in [6.45, 7) is 0. The van der Waals surface area contributed by atoms with E-state index >= 15 is 0 Å². The van der Waals surface area contributed by atoms with Crippen LogP contribution in [0.5, 0.6) is 5.75 Å². The zero-order valence-corrected chi connectivity index (χ0v) is 14.0. The molecule has 26 heavy (non-hydrogen) atoms. The Balaban J connectivity index is 2.08. The van der Waals surface area contributed by atoms with Gasteiger partial charge in [0.05, 0.1) is 16.8 Å². The number of pyridine rings is 1. The van der Waals surface area contributed by atoms with E-state index in [0.717, 1.165) is 10.9 Å². The Labute approximate surface area is 148 Å². The first kappa shape index (κ1) is 16.4. The van der Waals surface area contributed by atoms with E-state index in [0.29, 0.717) is 33.6 Å². The number of nitrogen functional groups attached to an aromatic ring is 1. The number of nitrogens with two attached hydrogens (primary N) is 2. The van der Waals surface area contributed by atoms with Crippen molar-refractivity contribution in [2.45, 2.75) is 25.2 Å². The summed E-state index contributed by atoms with van der Waals surface area (Å²) in [6, 6.07) is 9.92. The van der Waals surface area contributed by atoms with Crippen molar-refractivity contribution in [3.8, 4) is 17.0 Å². The van der Waals surface area contributed by atoms with Crippen LogP contribution in [0.3, 0.4) is 0 Å². The molecular weight excluding hydrogens is 336 g/mol. The molecule has 0 saturated carbocycles. The molecule has 1 heterocycles. The van der Waals surface area contributed by atoms with Crippen LogP contribution >= 0.6 is 0 Å². The molecule has 0 unspecified atom stereocenters. The van der Waals surface area contributed by atoms with Gasteiger partial charge in [-0.3, -0.25) is 5.41 Å². The fraction of sp³-hybridized carbons (Fsp3) is 0.200.